The summed E-state index contributed by atoms with van der Waals surface area (Å²) < 4.78 is 5.38. The molecule has 0 aromatic rings. The smallest absolute Gasteiger partial charge is 0.0618 e. The number of hydrogen-bond acceptors (Lipinski definition) is 3. The van der Waals surface area contributed by atoms with Crippen molar-refractivity contribution in [2.45, 2.75) is 70.5 Å². The first-order valence-electron chi connectivity index (χ1n) is 8.20. The van der Waals surface area contributed by atoms with Gasteiger partial charge in [0, 0.05) is 25.2 Å². The highest BCUT2D eigenvalue weighted by molar-refractivity contribution is 4.93. The molecule has 0 amide bonds. The molecule has 1 aliphatic heterocycles. The van der Waals surface area contributed by atoms with Crippen LogP contribution < -0.4 is 10.6 Å². The summed E-state index contributed by atoms with van der Waals surface area (Å²) in [4.78, 5) is 0. The van der Waals surface area contributed by atoms with Crippen molar-refractivity contribution in [3.05, 3.63) is 0 Å². The predicted octanol–water partition coefficient (Wildman–Crippen LogP) is 2.56. The Bertz CT molecular complexity index is 251. The van der Waals surface area contributed by atoms with Crippen LogP contribution in [0.1, 0.15) is 52.4 Å². The summed E-state index contributed by atoms with van der Waals surface area (Å²) in [6, 6.07) is 1.95. The van der Waals surface area contributed by atoms with E-state index in [9.17, 15) is 0 Å². The first-order chi connectivity index (χ1) is 9.22. The second-order valence-corrected chi connectivity index (χ2v) is 6.73. The lowest BCUT2D eigenvalue weighted by Gasteiger charge is -2.35. The Kier molecular flexibility index (Phi) is 6.11. The summed E-state index contributed by atoms with van der Waals surface area (Å²) >= 11 is 0. The summed E-state index contributed by atoms with van der Waals surface area (Å²) in [5, 5.41) is 7.65. The lowest BCUT2D eigenvalue weighted by Crippen LogP contribution is -2.51. The minimum Gasteiger partial charge on any atom is -0.383 e. The molecule has 2 aliphatic rings. The van der Waals surface area contributed by atoms with Gasteiger partial charge in [-0.05, 0) is 44.1 Å². The SMILES string of the molecule is COCC(NC1CCCC1C1CCCCN1)C(C)C. The minimum absolute atomic E-state index is 0.499. The number of methoxy groups -OCH3 is 1. The van der Waals surface area contributed by atoms with Crippen LogP contribution in [0.5, 0.6) is 0 Å². The third-order valence-electron chi connectivity index (χ3n) is 5.01. The Balaban J connectivity index is 1.89. The van der Waals surface area contributed by atoms with Gasteiger partial charge >= 0.3 is 0 Å². The molecular weight excluding hydrogens is 236 g/mol. The molecule has 3 nitrogen and oxygen atoms in total. The van der Waals surface area contributed by atoms with Crippen molar-refractivity contribution >= 4 is 0 Å². The van der Waals surface area contributed by atoms with Gasteiger partial charge < -0.3 is 15.4 Å². The highest BCUT2D eigenvalue weighted by atomic mass is 16.5. The maximum absolute atomic E-state index is 5.38. The van der Waals surface area contributed by atoms with Gasteiger partial charge in [0.2, 0.25) is 0 Å². The third-order valence-corrected chi connectivity index (χ3v) is 5.01. The van der Waals surface area contributed by atoms with Gasteiger partial charge in [-0.1, -0.05) is 26.7 Å². The molecule has 0 spiro atoms. The van der Waals surface area contributed by atoms with Crippen LogP contribution in [0, 0.1) is 11.8 Å². The van der Waals surface area contributed by atoms with Crippen molar-refractivity contribution in [2.24, 2.45) is 11.8 Å². The Hall–Kier alpha value is -0.120. The van der Waals surface area contributed by atoms with E-state index in [1.807, 2.05) is 7.11 Å². The van der Waals surface area contributed by atoms with E-state index >= 15 is 0 Å². The molecule has 1 aliphatic carbocycles. The monoisotopic (exact) mass is 268 g/mol. The summed E-state index contributed by atoms with van der Waals surface area (Å²) in [7, 11) is 1.81. The van der Waals surface area contributed by atoms with Crippen LogP contribution in [-0.2, 0) is 4.74 Å². The summed E-state index contributed by atoms with van der Waals surface area (Å²) in [5.41, 5.74) is 0. The van der Waals surface area contributed by atoms with Gasteiger partial charge in [-0.3, -0.25) is 0 Å². The molecule has 2 fully saturated rings. The molecule has 0 aromatic heterocycles. The average molecular weight is 268 g/mol. The normalized spacial score (nSPS) is 33.8. The number of ether oxygens (including phenoxy) is 1. The second kappa shape index (κ2) is 7.61. The molecule has 0 aromatic carbocycles. The Labute approximate surface area is 118 Å². The van der Waals surface area contributed by atoms with Crippen molar-refractivity contribution in [1.82, 2.24) is 10.6 Å². The quantitative estimate of drug-likeness (QED) is 0.777. The molecule has 1 saturated heterocycles. The van der Waals surface area contributed by atoms with Crippen molar-refractivity contribution in [3.8, 4) is 0 Å². The average Bonchev–Trinajstić information content (AvgIpc) is 2.87. The molecule has 0 radical (unpaired) electrons. The van der Waals surface area contributed by atoms with E-state index in [1.54, 1.807) is 0 Å². The van der Waals surface area contributed by atoms with Crippen LogP contribution >= 0.6 is 0 Å². The molecule has 1 heterocycles. The van der Waals surface area contributed by atoms with Crippen LogP contribution in [0.25, 0.3) is 0 Å². The molecule has 19 heavy (non-hydrogen) atoms. The molecule has 2 N–H and O–H groups in total. The number of piperidine rings is 1. The summed E-state index contributed by atoms with van der Waals surface area (Å²) in [5.74, 6) is 1.47. The highest BCUT2D eigenvalue weighted by Gasteiger charge is 2.35. The van der Waals surface area contributed by atoms with Crippen LogP contribution in [0.2, 0.25) is 0 Å². The Morgan fingerprint density at radius 2 is 2.00 bits per heavy atom. The molecule has 2 rings (SSSR count). The van der Waals surface area contributed by atoms with Gasteiger partial charge in [0.1, 0.15) is 0 Å². The van der Waals surface area contributed by atoms with Gasteiger partial charge in [-0.15, -0.1) is 0 Å². The van der Waals surface area contributed by atoms with Crippen LogP contribution in [0.4, 0.5) is 0 Å². The van der Waals surface area contributed by atoms with Crippen molar-refractivity contribution in [1.29, 1.82) is 0 Å². The maximum Gasteiger partial charge on any atom is 0.0618 e. The van der Waals surface area contributed by atoms with Crippen LogP contribution in [0.15, 0.2) is 0 Å². The summed E-state index contributed by atoms with van der Waals surface area (Å²) in [6.45, 7) is 6.64. The Morgan fingerprint density at radius 1 is 1.16 bits per heavy atom. The topological polar surface area (TPSA) is 33.3 Å². The molecule has 4 atom stereocenters. The zero-order valence-corrected chi connectivity index (χ0v) is 13.0. The van der Waals surface area contributed by atoms with E-state index in [4.69, 9.17) is 4.74 Å². The fourth-order valence-corrected chi connectivity index (χ4v) is 3.81. The first kappa shape index (κ1) is 15.3. The standard InChI is InChI=1S/C16H32N2O/c1-12(2)16(11-19-3)18-15-9-6-7-13(15)14-8-4-5-10-17-14/h12-18H,4-11H2,1-3H3. The molecule has 0 bridgehead atoms. The third kappa shape index (κ3) is 4.17. The number of nitrogens with one attached hydrogen (secondary N) is 2. The fourth-order valence-electron chi connectivity index (χ4n) is 3.81. The molecule has 1 saturated carbocycles. The van der Waals surface area contributed by atoms with E-state index in [-0.39, 0.29) is 0 Å². The van der Waals surface area contributed by atoms with Gasteiger partial charge in [0.05, 0.1) is 6.61 Å². The zero-order chi connectivity index (χ0) is 13.7. The predicted molar refractivity (Wildman–Crippen MR) is 80.4 cm³/mol. The molecular formula is C16H32N2O. The van der Waals surface area contributed by atoms with Gasteiger partial charge in [0.25, 0.3) is 0 Å². The van der Waals surface area contributed by atoms with E-state index in [0.717, 1.165) is 18.6 Å². The number of hydrogen-bond donors (Lipinski definition) is 2. The van der Waals surface area contributed by atoms with Crippen molar-refractivity contribution in [2.75, 3.05) is 20.3 Å². The van der Waals surface area contributed by atoms with Crippen molar-refractivity contribution < 1.29 is 4.74 Å². The van der Waals surface area contributed by atoms with Crippen molar-refractivity contribution in [3.63, 3.8) is 0 Å². The van der Waals surface area contributed by atoms with Crippen LogP contribution in [0.3, 0.4) is 0 Å². The first-order valence-corrected chi connectivity index (χ1v) is 8.20. The summed E-state index contributed by atoms with van der Waals surface area (Å²) in [6.07, 6.45) is 8.27. The fraction of sp³-hybridized carbons (Fsp3) is 1.00. The highest BCUT2D eigenvalue weighted by Crippen LogP contribution is 2.32. The van der Waals surface area contributed by atoms with Gasteiger partial charge in [-0.25, -0.2) is 0 Å². The van der Waals surface area contributed by atoms with E-state index < -0.39 is 0 Å². The lowest BCUT2D eigenvalue weighted by atomic mass is 9.87. The van der Waals surface area contributed by atoms with E-state index in [2.05, 4.69) is 24.5 Å². The van der Waals surface area contributed by atoms with E-state index in [0.29, 0.717) is 18.0 Å². The van der Waals surface area contributed by atoms with Gasteiger partial charge in [0.15, 0.2) is 0 Å². The number of rotatable bonds is 6. The lowest BCUT2D eigenvalue weighted by molar-refractivity contribution is 0.130. The Morgan fingerprint density at radius 3 is 2.63 bits per heavy atom. The minimum atomic E-state index is 0.499. The molecule has 112 valence electrons. The zero-order valence-electron chi connectivity index (χ0n) is 13.0. The molecule has 3 heteroatoms. The van der Waals surface area contributed by atoms with Crippen LogP contribution in [-0.4, -0.2) is 38.4 Å². The van der Waals surface area contributed by atoms with Gasteiger partial charge in [-0.2, -0.15) is 0 Å². The largest absolute Gasteiger partial charge is 0.383 e. The van der Waals surface area contributed by atoms with E-state index in [1.165, 1.54) is 45.1 Å². The second-order valence-electron chi connectivity index (χ2n) is 6.73. The maximum atomic E-state index is 5.38. The molecule has 4 unspecified atom stereocenters.